The number of nitrogens with one attached hydrogen (secondary N) is 1. The fourth-order valence-corrected chi connectivity index (χ4v) is 1.76. The predicted molar refractivity (Wildman–Crippen MR) is 54.3 cm³/mol. The summed E-state index contributed by atoms with van der Waals surface area (Å²) in [6.07, 6.45) is 3.41. The molecule has 1 aliphatic rings. The van der Waals surface area contributed by atoms with Gasteiger partial charge < -0.3 is 5.32 Å². The van der Waals surface area contributed by atoms with Crippen LogP contribution in [-0.4, -0.2) is 11.9 Å². The van der Waals surface area contributed by atoms with E-state index in [1.807, 2.05) is 6.07 Å². The molecule has 0 aliphatic heterocycles. The normalized spacial score (nSPS) is 27.0. The number of nitrogens with zero attached hydrogens (tertiary/aromatic N) is 1. The van der Waals surface area contributed by atoms with Crippen LogP contribution in [0.25, 0.3) is 0 Å². The smallest absolute Gasteiger partial charge is 0.240 e. The lowest BCUT2D eigenvalue weighted by Gasteiger charge is -2.22. The average molecular weight is 194 g/mol. The highest BCUT2D eigenvalue weighted by molar-refractivity contribution is 5.84. The highest BCUT2D eigenvalue weighted by Crippen LogP contribution is 2.26. The molecule has 0 bridgehead atoms. The summed E-state index contributed by atoms with van der Waals surface area (Å²) in [6, 6.07) is 2.29. The monoisotopic (exact) mass is 194 g/mol. The minimum absolute atomic E-state index is 0.140. The summed E-state index contributed by atoms with van der Waals surface area (Å²) in [4.78, 5) is 11.7. The van der Waals surface area contributed by atoms with Crippen molar-refractivity contribution in [2.24, 2.45) is 11.3 Å². The minimum atomic E-state index is -0.900. The molecule has 0 aromatic heterocycles. The first-order valence-electron chi connectivity index (χ1n) is 5.19. The third-order valence-electron chi connectivity index (χ3n) is 3.03. The van der Waals surface area contributed by atoms with Gasteiger partial charge in [0, 0.05) is 6.04 Å². The molecule has 1 aliphatic carbocycles. The van der Waals surface area contributed by atoms with Crippen molar-refractivity contribution in [1.82, 2.24) is 5.32 Å². The van der Waals surface area contributed by atoms with E-state index in [1.54, 1.807) is 13.8 Å². The van der Waals surface area contributed by atoms with Crippen molar-refractivity contribution in [3.8, 4) is 6.07 Å². The summed E-state index contributed by atoms with van der Waals surface area (Å²) in [5.41, 5.74) is -0.900. The van der Waals surface area contributed by atoms with Crippen molar-refractivity contribution in [3.63, 3.8) is 0 Å². The Kier molecular flexibility index (Phi) is 3.15. The topological polar surface area (TPSA) is 52.9 Å². The van der Waals surface area contributed by atoms with Crippen LogP contribution in [-0.2, 0) is 4.79 Å². The third kappa shape index (κ3) is 2.25. The molecule has 14 heavy (non-hydrogen) atoms. The zero-order valence-corrected chi connectivity index (χ0v) is 9.13. The molecule has 1 saturated carbocycles. The molecule has 3 heteroatoms. The first kappa shape index (κ1) is 11.0. The second-order valence-electron chi connectivity index (χ2n) is 4.72. The molecule has 0 heterocycles. The lowest BCUT2D eigenvalue weighted by atomic mass is 9.93. The Labute approximate surface area is 85.5 Å². The van der Waals surface area contributed by atoms with Crippen molar-refractivity contribution in [2.75, 3.05) is 0 Å². The highest BCUT2D eigenvalue weighted by Gasteiger charge is 2.32. The summed E-state index contributed by atoms with van der Waals surface area (Å²) in [6.45, 7) is 5.46. The number of hydrogen-bond donors (Lipinski definition) is 1. The molecule has 0 aromatic carbocycles. The predicted octanol–water partition coefficient (Wildman–Crippen LogP) is 1.84. The first-order valence-corrected chi connectivity index (χ1v) is 5.19. The van der Waals surface area contributed by atoms with E-state index >= 15 is 0 Å². The average Bonchev–Trinajstić information content (AvgIpc) is 2.52. The van der Waals surface area contributed by atoms with Crippen molar-refractivity contribution in [2.45, 2.75) is 46.1 Å². The summed E-state index contributed by atoms with van der Waals surface area (Å²) >= 11 is 0. The number of hydrogen-bond acceptors (Lipinski definition) is 2. The van der Waals surface area contributed by atoms with Crippen LogP contribution in [0.4, 0.5) is 0 Å². The van der Waals surface area contributed by atoms with E-state index in [9.17, 15) is 4.79 Å². The molecule has 3 nitrogen and oxygen atoms in total. The van der Waals surface area contributed by atoms with Crippen LogP contribution < -0.4 is 5.32 Å². The number of carbonyl (C=O) groups excluding carboxylic acids is 1. The molecular weight excluding hydrogens is 176 g/mol. The van der Waals surface area contributed by atoms with Gasteiger partial charge in [0.1, 0.15) is 5.41 Å². The zero-order valence-electron chi connectivity index (χ0n) is 9.13. The molecule has 1 rings (SSSR count). The van der Waals surface area contributed by atoms with Crippen LogP contribution in [0.2, 0.25) is 0 Å². The fraction of sp³-hybridized carbons (Fsp3) is 0.818. The summed E-state index contributed by atoms with van der Waals surface area (Å²) in [5, 5.41) is 11.8. The van der Waals surface area contributed by atoms with E-state index in [4.69, 9.17) is 5.26 Å². The fourth-order valence-electron chi connectivity index (χ4n) is 1.76. The van der Waals surface area contributed by atoms with Crippen molar-refractivity contribution in [3.05, 3.63) is 0 Å². The van der Waals surface area contributed by atoms with Gasteiger partial charge in [-0.3, -0.25) is 4.79 Å². The maximum atomic E-state index is 11.7. The Morgan fingerprint density at radius 1 is 1.50 bits per heavy atom. The summed E-state index contributed by atoms with van der Waals surface area (Å²) < 4.78 is 0. The molecular formula is C11H18N2O. The molecule has 1 fully saturated rings. The van der Waals surface area contributed by atoms with Crippen molar-refractivity contribution < 1.29 is 4.79 Å². The van der Waals surface area contributed by atoms with E-state index in [1.165, 1.54) is 12.8 Å². The molecule has 1 amide bonds. The quantitative estimate of drug-likeness (QED) is 0.729. The second-order valence-corrected chi connectivity index (χ2v) is 4.72. The van der Waals surface area contributed by atoms with Crippen LogP contribution >= 0.6 is 0 Å². The van der Waals surface area contributed by atoms with Gasteiger partial charge in [0.25, 0.3) is 0 Å². The molecule has 0 aromatic rings. The van der Waals surface area contributed by atoms with Gasteiger partial charge in [0.15, 0.2) is 0 Å². The van der Waals surface area contributed by atoms with E-state index < -0.39 is 5.41 Å². The maximum Gasteiger partial charge on any atom is 0.240 e. The van der Waals surface area contributed by atoms with Crippen molar-refractivity contribution in [1.29, 1.82) is 5.26 Å². The van der Waals surface area contributed by atoms with E-state index in [-0.39, 0.29) is 11.9 Å². The van der Waals surface area contributed by atoms with Gasteiger partial charge in [0.2, 0.25) is 5.91 Å². The number of amides is 1. The molecule has 0 spiro atoms. The Morgan fingerprint density at radius 2 is 2.14 bits per heavy atom. The standard InChI is InChI=1S/C11H18N2O/c1-8-5-4-6-9(8)13-10(14)11(2,3)7-12/h8-9H,4-6H2,1-3H3,(H,13,14). The zero-order chi connectivity index (χ0) is 10.8. The first-order chi connectivity index (χ1) is 6.47. The Hall–Kier alpha value is -1.04. The van der Waals surface area contributed by atoms with Gasteiger partial charge in [0.05, 0.1) is 6.07 Å². The van der Waals surface area contributed by atoms with Crippen LogP contribution in [0, 0.1) is 22.7 Å². The van der Waals surface area contributed by atoms with Crippen LogP contribution in [0.1, 0.15) is 40.0 Å². The lowest BCUT2D eigenvalue weighted by Crippen LogP contribution is -2.43. The number of carbonyl (C=O) groups is 1. The molecule has 2 unspecified atom stereocenters. The van der Waals surface area contributed by atoms with Crippen LogP contribution in [0.3, 0.4) is 0 Å². The van der Waals surface area contributed by atoms with Crippen LogP contribution in [0.5, 0.6) is 0 Å². The third-order valence-corrected chi connectivity index (χ3v) is 3.03. The lowest BCUT2D eigenvalue weighted by molar-refractivity contribution is -0.127. The Morgan fingerprint density at radius 3 is 2.57 bits per heavy atom. The van der Waals surface area contributed by atoms with E-state index in [2.05, 4.69) is 12.2 Å². The molecule has 1 N–H and O–H groups in total. The Bertz CT molecular complexity index is 265. The van der Waals surface area contributed by atoms with Gasteiger partial charge in [-0.05, 0) is 32.6 Å². The van der Waals surface area contributed by atoms with Gasteiger partial charge in [-0.15, -0.1) is 0 Å². The molecule has 78 valence electrons. The molecule has 0 radical (unpaired) electrons. The largest absolute Gasteiger partial charge is 0.352 e. The van der Waals surface area contributed by atoms with Gasteiger partial charge in [-0.1, -0.05) is 13.3 Å². The van der Waals surface area contributed by atoms with Crippen LogP contribution in [0.15, 0.2) is 0 Å². The summed E-state index contributed by atoms with van der Waals surface area (Å²) in [7, 11) is 0. The number of nitriles is 1. The highest BCUT2D eigenvalue weighted by atomic mass is 16.2. The number of rotatable bonds is 2. The van der Waals surface area contributed by atoms with E-state index in [0.717, 1.165) is 6.42 Å². The molecule has 2 atom stereocenters. The SMILES string of the molecule is CC1CCCC1NC(=O)C(C)(C)C#N. The van der Waals surface area contributed by atoms with Crippen molar-refractivity contribution >= 4 is 5.91 Å². The van der Waals surface area contributed by atoms with Gasteiger partial charge in [-0.2, -0.15) is 5.26 Å². The minimum Gasteiger partial charge on any atom is -0.352 e. The molecule has 0 saturated heterocycles. The summed E-state index contributed by atoms with van der Waals surface area (Å²) in [5.74, 6) is 0.409. The van der Waals surface area contributed by atoms with Gasteiger partial charge in [-0.25, -0.2) is 0 Å². The van der Waals surface area contributed by atoms with Gasteiger partial charge >= 0.3 is 0 Å². The van der Waals surface area contributed by atoms with E-state index in [0.29, 0.717) is 5.92 Å². The Balaban J connectivity index is 2.53. The maximum absolute atomic E-state index is 11.7. The second kappa shape index (κ2) is 4.00.